The summed E-state index contributed by atoms with van der Waals surface area (Å²) in [6.45, 7) is 0.334. The first kappa shape index (κ1) is 15.7. The number of Topliss-reactive ketones (excluding diaryl/α,β-unsaturated/α-hetero) is 1. The molecule has 24 heavy (non-hydrogen) atoms. The predicted molar refractivity (Wildman–Crippen MR) is 91.7 cm³/mol. The van der Waals surface area contributed by atoms with E-state index in [9.17, 15) is 4.79 Å². The Hall–Kier alpha value is -3.19. The number of ether oxygens (including phenoxy) is 1. The van der Waals surface area contributed by atoms with Gasteiger partial charge in [-0.2, -0.15) is 5.26 Å². The van der Waals surface area contributed by atoms with Gasteiger partial charge in [-0.15, -0.1) is 0 Å². The Labute approximate surface area is 140 Å². The molecule has 0 N–H and O–H groups in total. The molecule has 4 nitrogen and oxygen atoms in total. The van der Waals surface area contributed by atoms with Gasteiger partial charge in [0.05, 0.1) is 17.3 Å². The molecule has 3 rings (SSSR count). The number of pyridine rings is 1. The molecule has 2 aromatic carbocycles. The van der Waals surface area contributed by atoms with Crippen molar-refractivity contribution in [1.82, 2.24) is 4.98 Å². The standard InChI is InChI=1S/C20H16N2O2/c21-12-4-9-20(23)16-6-3-7-18(13-16)24-14-17-11-10-15-5-1-2-8-19(15)22-17/h1-3,5-8,10-11,13H,4,9,14H2. The summed E-state index contributed by atoms with van der Waals surface area (Å²) in [5.74, 6) is 0.568. The zero-order chi connectivity index (χ0) is 16.8. The summed E-state index contributed by atoms with van der Waals surface area (Å²) in [4.78, 5) is 16.5. The monoisotopic (exact) mass is 316 g/mol. The van der Waals surface area contributed by atoms with E-state index in [1.54, 1.807) is 18.2 Å². The molecule has 0 saturated carbocycles. The summed E-state index contributed by atoms with van der Waals surface area (Å²) in [6, 6.07) is 20.9. The minimum atomic E-state index is -0.0502. The molecule has 118 valence electrons. The van der Waals surface area contributed by atoms with Gasteiger partial charge >= 0.3 is 0 Å². The van der Waals surface area contributed by atoms with Crippen LogP contribution < -0.4 is 4.74 Å². The number of hydrogen-bond acceptors (Lipinski definition) is 4. The van der Waals surface area contributed by atoms with E-state index in [1.165, 1.54) is 0 Å². The maximum Gasteiger partial charge on any atom is 0.164 e. The van der Waals surface area contributed by atoms with Gasteiger partial charge in [0, 0.05) is 23.8 Å². The fourth-order valence-electron chi connectivity index (χ4n) is 2.42. The molecule has 0 saturated heterocycles. The lowest BCUT2D eigenvalue weighted by Crippen LogP contribution is -2.01. The van der Waals surface area contributed by atoms with Gasteiger partial charge in [-0.3, -0.25) is 4.79 Å². The quantitative estimate of drug-likeness (QED) is 0.636. The maximum atomic E-state index is 12.0. The first-order chi connectivity index (χ1) is 11.8. The van der Waals surface area contributed by atoms with E-state index in [0.29, 0.717) is 17.9 Å². The Morgan fingerprint density at radius 3 is 2.83 bits per heavy atom. The number of fused-ring (bicyclic) bond motifs is 1. The molecule has 0 atom stereocenters. The third kappa shape index (κ3) is 3.76. The molecule has 0 spiro atoms. The number of nitriles is 1. The van der Waals surface area contributed by atoms with Crippen LogP contribution in [0.25, 0.3) is 10.9 Å². The number of benzene rings is 2. The third-order valence-electron chi connectivity index (χ3n) is 3.66. The summed E-state index contributed by atoms with van der Waals surface area (Å²) >= 11 is 0. The van der Waals surface area contributed by atoms with Gasteiger partial charge in [0.15, 0.2) is 5.78 Å². The Morgan fingerprint density at radius 1 is 1.08 bits per heavy atom. The number of rotatable bonds is 6. The van der Waals surface area contributed by atoms with Crippen molar-refractivity contribution in [3.05, 3.63) is 71.9 Å². The van der Waals surface area contributed by atoms with E-state index in [0.717, 1.165) is 16.6 Å². The van der Waals surface area contributed by atoms with E-state index in [2.05, 4.69) is 4.98 Å². The van der Waals surface area contributed by atoms with Crippen LogP contribution in [0.1, 0.15) is 28.9 Å². The maximum absolute atomic E-state index is 12.0. The molecule has 0 unspecified atom stereocenters. The van der Waals surface area contributed by atoms with Gasteiger partial charge in [0.25, 0.3) is 0 Å². The van der Waals surface area contributed by atoms with Gasteiger partial charge in [-0.25, -0.2) is 4.98 Å². The van der Waals surface area contributed by atoms with E-state index < -0.39 is 0 Å². The largest absolute Gasteiger partial charge is 0.487 e. The summed E-state index contributed by atoms with van der Waals surface area (Å²) < 4.78 is 5.76. The zero-order valence-corrected chi connectivity index (χ0v) is 13.1. The molecule has 4 heteroatoms. The molecular formula is C20H16N2O2. The third-order valence-corrected chi connectivity index (χ3v) is 3.66. The van der Waals surface area contributed by atoms with Crippen LogP contribution in [-0.2, 0) is 6.61 Å². The molecule has 0 aliphatic carbocycles. The van der Waals surface area contributed by atoms with Crippen molar-refractivity contribution >= 4 is 16.7 Å². The van der Waals surface area contributed by atoms with Crippen LogP contribution in [0.4, 0.5) is 0 Å². The van der Waals surface area contributed by atoms with Crippen LogP contribution in [0.5, 0.6) is 5.75 Å². The first-order valence-corrected chi connectivity index (χ1v) is 7.74. The fourth-order valence-corrected chi connectivity index (χ4v) is 2.42. The van der Waals surface area contributed by atoms with E-state index in [1.807, 2.05) is 48.5 Å². The Bertz CT molecular complexity index is 913. The van der Waals surface area contributed by atoms with Crippen molar-refractivity contribution < 1.29 is 9.53 Å². The lowest BCUT2D eigenvalue weighted by Gasteiger charge is -2.08. The highest BCUT2D eigenvalue weighted by Gasteiger charge is 2.07. The highest BCUT2D eigenvalue weighted by atomic mass is 16.5. The Morgan fingerprint density at radius 2 is 1.96 bits per heavy atom. The van der Waals surface area contributed by atoms with Gasteiger partial charge in [0.2, 0.25) is 0 Å². The lowest BCUT2D eigenvalue weighted by molar-refractivity contribution is 0.0983. The van der Waals surface area contributed by atoms with Gasteiger partial charge < -0.3 is 4.74 Å². The normalized spacial score (nSPS) is 10.3. The molecule has 0 aliphatic rings. The molecule has 0 bridgehead atoms. The Kier molecular flexibility index (Phi) is 4.83. The van der Waals surface area contributed by atoms with E-state index >= 15 is 0 Å². The number of hydrogen-bond donors (Lipinski definition) is 0. The van der Waals surface area contributed by atoms with Crippen LogP contribution in [0, 0.1) is 11.3 Å². The van der Waals surface area contributed by atoms with Crippen molar-refractivity contribution in [3.8, 4) is 11.8 Å². The number of aromatic nitrogens is 1. The Balaban J connectivity index is 1.69. The number of para-hydroxylation sites is 1. The van der Waals surface area contributed by atoms with Crippen molar-refractivity contribution in [2.75, 3.05) is 0 Å². The van der Waals surface area contributed by atoms with Crippen LogP contribution in [0.15, 0.2) is 60.7 Å². The number of nitrogens with zero attached hydrogens (tertiary/aromatic N) is 2. The molecule has 3 aromatic rings. The minimum absolute atomic E-state index is 0.0502. The van der Waals surface area contributed by atoms with Crippen molar-refractivity contribution in [3.63, 3.8) is 0 Å². The van der Waals surface area contributed by atoms with Crippen LogP contribution in [0.2, 0.25) is 0 Å². The summed E-state index contributed by atoms with van der Waals surface area (Å²) in [5, 5.41) is 9.66. The van der Waals surface area contributed by atoms with Gasteiger partial charge in [-0.05, 0) is 24.3 Å². The number of carbonyl (C=O) groups excluding carboxylic acids is 1. The lowest BCUT2D eigenvalue weighted by atomic mass is 10.1. The average molecular weight is 316 g/mol. The van der Waals surface area contributed by atoms with Crippen LogP contribution >= 0.6 is 0 Å². The van der Waals surface area contributed by atoms with Crippen LogP contribution in [-0.4, -0.2) is 10.8 Å². The molecule has 0 radical (unpaired) electrons. The molecular weight excluding hydrogens is 300 g/mol. The second-order valence-electron chi connectivity index (χ2n) is 5.39. The average Bonchev–Trinajstić information content (AvgIpc) is 2.64. The molecule has 1 aromatic heterocycles. The number of ketones is 1. The zero-order valence-electron chi connectivity index (χ0n) is 13.1. The molecule has 0 aliphatic heterocycles. The highest BCUT2D eigenvalue weighted by molar-refractivity contribution is 5.96. The van der Waals surface area contributed by atoms with E-state index in [-0.39, 0.29) is 18.6 Å². The van der Waals surface area contributed by atoms with Gasteiger partial charge in [0.1, 0.15) is 12.4 Å². The summed E-state index contributed by atoms with van der Waals surface area (Å²) in [7, 11) is 0. The van der Waals surface area contributed by atoms with Crippen molar-refractivity contribution in [2.24, 2.45) is 0 Å². The summed E-state index contributed by atoms with van der Waals surface area (Å²) in [6.07, 6.45) is 0.455. The number of carbonyl (C=O) groups is 1. The predicted octanol–water partition coefficient (Wildman–Crippen LogP) is 4.30. The van der Waals surface area contributed by atoms with E-state index in [4.69, 9.17) is 10.00 Å². The van der Waals surface area contributed by atoms with Crippen molar-refractivity contribution in [1.29, 1.82) is 5.26 Å². The molecule has 0 fully saturated rings. The summed E-state index contributed by atoms with van der Waals surface area (Å²) in [5.41, 5.74) is 2.32. The molecule has 1 heterocycles. The minimum Gasteiger partial charge on any atom is -0.487 e. The smallest absolute Gasteiger partial charge is 0.164 e. The topological polar surface area (TPSA) is 63.0 Å². The van der Waals surface area contributed by atoms with Gasteiger partial charge in [-0.1, -0.05) is 36.4 Å². The first-order valence-electron chi connectivity index (χ1n) is 7.74. The van der Waals surface area contributed by atoms with Crippen molar-refractivity contribution in [2.45, 2.75) is 19.4 Å². The SMILES string of the molecule is N#CCCC(=O)c1cccc(OCc2ccc3ccccc3n2)c1. The van der Waals surface area contributed by atoms with Crippen LogP contribution in [0.3, 0.4) is 0 Å². The fraction of sp³-hybridized carbons (Fsp3) is 0.150. The second kappa shape index (κ2) is 7.38. The second-order valence-corrected chi connectivity index (χ2v) is 5.39. The molecule has 0 amide bonds. The highest BCUT2D eigenvalue weighted by Crippen LogP contribution is 2.18.